The standard InChI is InChI=1S/C11H23N3O/c1-9(11(15)13-2)14-7-4-10(3-6-12)5-8-14/h9-10H,3-8,12H2,1-2H3,(H,13,15). The van der Waals surface area contributed by atoms with E-state index in [9.17, 15) is 4.79 Å². The number of carbonyl (C=O) groups excluding carboxylic acids is 1. The van der Waals surface area contributed by atoms with Gasteiger partial charge in [-0.25, -0.2) is 0 Å². The molecule has 0 aromatic carbocycles. The van der Waals surface area contributed by atoms with Gasteiger partial charge in [-0.15, -0.1) is 0 Å². The molecular formula is C11H23N3O. The molecule has 1 aliphatic heterocycles. The highest BCUT2D eigenvalue weighted by Gasteiger charge is 2.25. The molecule has 1 fully saturated rings. The van der Waals surface area contributed by atoms with Gasteiger partial charge in [-0.1, -0.05) is 0 Å². The molecule has 4 nitrogen and oxygen atoms in total. The van der Waals surface area contributed by atoms with Crippen LogP contribution in [0.15, 0.2) is 0 Å². The number of hydrogen-bond acceptors (Lipinski definition) is 3. The monoisotopic (exact) mass is 213 g/mol. The predicted molar refractivity (Wildman–Crippen MR) is 61.5 cm³/mol. The molecule has 0 bridgehead atoms. The Morgan fingerprint density at radius 3 is 2.60 bits per heavy atom. The van der Waals surface area contributed by atoms with Crippen LogP contribution in [0, 0.1) is 5.92 Å². The number of rotatable bonds is 4. The van der Waals surface area contributed by atoms with Crippen molar-refractivity contribution in [2.75, 3.05) is 26.7 Å². The lowest BCUT2D eigenvalue weighted by molar-refractivity contribution is -0.125. The van der Waals surface area contributed by atoms with E-state index in [2.05, 4.69) is 10.2 Å². The van der Waals surface area contributed by atoms with Crippen molar-refractivity contribution in [1.82, 2.24) is 10.2 Å². The van der Waals surface area contributed by atoms with Crippen LogP contribution in [-0.4, -0.2) is 43.5 Å². The third-order valence-electron chi connectivity index (χ3n) is 3.40. The molecular weight excluding hydrogens is 190 g/mol. The van der Waals surface area contributed by atoms with Crippen LogP contribution in [0.25, 0.3) is 0 Å². The summed E-state index contributed by atoms with van der Waals surface area (Å²) in [4.78, 5) is 13.7. The highest BCUT2D eigenvalue weighted by molar-refractivity contribution is 5.80. The van der Waals surface area contributed by atoms with E-state index in [1.165, 1.54) is 12.8 Å². The Bertz CT molecular complexity index is 200. The van der Waals surface area contributed by atoms with Gasteiger partial charge in [0.2, 0.25) is 5.91 Å². The number of likely N-dealkylation sites (tertiary alicyclic amines) is 1. The molecule has 0 aliphatic carbocycles. The molecule has 0 radical (unpaired) electrons. The topological polar surface area (TPSA) is 58.4 Å². The first-order valence-electron chi connectivity index (χ1n) is 5.84. The molecule has 0 saturated carbocycles. The summed E-state index contributed by atoms with van der Waals surface area (Å²) in [5, 5.41) is 2.70. The third kappa shape index (κ3) is 3.47. The largest absolute Gasteiger partial charge is 0.358 e. The van der Waals surface area contributed by atoms with Crippen molar-refractivity contribution in [3.63, 3.8) is 0 Å². The summed E-state index contributed by atoms with van der Waals surface area (Å²) < 4.78 is 0. The number of nitrogens with one attached hydrogen (secondary N) is 1. The average molecular weight is 213 g/mol. The van der Waals surface area contributed by atoms with Gasteiger partial charge in [0, 0.05) is 7.05 Å². The van der Waals surface area contributed by atoms with Gasteiger partial charge in [-0.05, 0) is 51.7 Å². The lowest BCUT2D eigenvalue weighted by Gasteiger charge is -2.35. The summed E-state index contributed by atoms with van der Waals surface area (Å²) >= 11 is 0. The van der Waals surface area contributed by atoms with Gasteiger partial charge in [-0.2, -0.15) is 0 Å². The van der Waals surface area contributed by atoms with Crippen LogP contribution in [0.2, 0.25) is 0 Å². The normalized spacial score (nSPS) is 21.3. The van der Waals surface area contributed by atoms with Crippen molar-refractivity contribution in [3.05, 3.63) is 0 Å². The van der Waals surface area contributed by atoms with E-state index in [0.717, 1.165) is 32.0 Å². The quantitative estimate of drug-likeness (QED) is 0.700. The molecule has 0 aromatic rings. The minimum atomic E-state index is 0.00817. The first kappa shape index (κ1) is 12.5. The number of amides is 1. The SMILES string of the molecule is CNC(=O)C(C)N1CCC(CCN)CC1. The molecule has 3 N–H and O–H groups in total. The Morgan fingerprint density at radius 1 is 1.53 bits per heavy atom. The van der Waals surface area contributed by atoms with Gasteiger partial charge in [0.15, 0.2) is 0 Å². The summed E-state index contributed by atoms with van der Waals surface area (Å²) in [5.41, 5.74) is 5.55. The van der Waals surface area contributed by atoms with Gasteiger partial charge < -0.3 is 11.1 Å². The molecule has 15 heavy (non-hydrogen) atoms. The number of hydrogen-bond donors (Lipinski definition) is 2. The van der Waals surface area contributed by atoms with Crippen molar-refractivity contribution in [2.24, 2.45) is 11.7 Å². The smallest absolute Gasteiger partial charge is 0.236 e. The number of carbonyl (C=O) groups is 1. The van der Waals surface area contributed by atoms with Gasteiger partial charge in [0.05, 0.1) is 6.04 Å². The molecule has 1 rings (SSSR count). The van der Waals surface area contributed by atoms with Crippen LogP contribution in [0.4, 0.5) is 0 Å². The summed E-state index contributed by atoms with van der Waals surface area (Å²) in [7, 11) is 1.69. The molecule has 0 aromatic heterocycles. The summed E-state index contributed by atoms with van der Waals surface area (Å²) in [6.07, 6.45) is 3.49. The second-order valence-corrected chi connectivity index (χ2v) is 4.35. The Morgan fingerprint density at radius 2 is 2.13 bits per heavy atom. The van der Waals surface area contributed by atoms with E-state index < -0.39 is 0 Å². The minimum Gasteiger partial charge on any atom is -0.358 e. The van der Waals surface area contributed by atoms with E-state index in [1.54, 1.807) is 7.05 Å². The lowest BCUT2D eigenvalue weighted by atomic mass is 9.93. The van der Waals surface area contributed by atoms with E-state index in [-0.39, 0.29) is 11.9 Å². The molecule has 1 saturated heterocycles. The molecule has 1 aliphatic rings. The van der Waals surface area contributed by atoms with Crippen LogP contribution >= 0.6 is 0 Å². The minimum absolute atomic E-state index is 0.00817. The fourth-order valence-corrected chi connectivity index (χ4v) is 2.24. The van der Waals surface area contributed by atoms with E-state index >= 15 is 0 Å². The first-order chi connectivity index (χ1) is 7.19. The molecule has 1 heterocycles. The number of nitrogens with two attached hydrogens (primary N) is 1. The molecule has 1 amide bonds. The summed E-state index contributed by atoms with van der Waals surface area (Å²) in [5.74, 6) is 0.885. The fourth-order valence-electron chi connectivity index (χ4n) is 2.24. The number of nitrogens with zero attached hydrogens (tertiary/aromatic N) is 1. The second-order valence-electron chi connectivity index (χ2n) is 4.35. The summed E-state index contributed by atoms with van der Waals surface area (Å²) in [6, 6.07) is 0.00817. The second kappa shape index (κ2) is 6.08. The molecule has 1 atom stereocenters. The predicted octanol–water partition coefficient (Wildman–Crippen LogP) is 0.182. The van der Waals surface area contributed by atoms with Gasteiger partial charge in [0.25, 0.3) is 0 Å². The molecule has 1 unspecified atom stereocenters. The Hall–Kier alpha value is -0.610. The Kier molecular flexibility index (Phi) is 5.05. The van der Waals surface area contributed by atoms with Crippen LogP contribution in [0.5, 0.6) is 0 Å². The summed E-state index contributed by atoms with van der Waals surface area (Å²) in [6.45, 7) is 4.82. The van der Waals surface area contributed by atoms with Gasteiger partial charge in [-0.3, -0.25) is 9.69 Å². The highest BCUT2D eigenvalue weighted by atomic mass is 16.2. The maximum absolute atomic E-state index is 11.4. The van der Waals surface area contributed by atoms with E-state index in [4.69, 9.17) is 5.73 Å². The number of piperidine rings is 1. The van der Waals surface area contributed by atoms with E-state index in [1.807, 2.05) is 6.92 Å². The average Bonchev–Trinajstić information content (AvgIpc) is 2.28. The highest BCUT2D eigenvalue weighted by Crippen LogP contribution is 2.21. The van der Waals surface area contributed by atoms with Gasteiger partial charge >= 0.3 is 0 Å². The Labute approximate surface area is 92.2 Å². The van der Waals surface area contributed by atoms with Crippen LogP contribution in [0.3, 0.4) is 0 Å². The molecule has 4 heteroatoms. The van der Waals surface area contributed by atoms with Crippen molar-refractivity contribution in [3.8, 4) is 0 Å². The third-order valence-corrected chi connectivity index (χ3v) is 3.40. The van der Waals surface area contributed by atoms with Crippen molar-refractivity contribution in [2.45, 2.75) is 32.2 Å². The molecule has 0 spiro atoms. The lowest BCUT2D eigenvalue weighted by Crippen LogP contribution is -2.47. The van der Waals surface area contributed by atoms with Gasteiger partial charge in [0.1, 0.15) is 0 Å². The number of likely N-dealkylation sites (N-methyl/N-ethyl adjacent to an activating group) is 1. The zero-order chi connectivity index (χ0) is 11.3. The Balaban J connectivity index is 2.33. The van der Waals surface area contributed by atoms with Crippen LogP contribution in [-0.2, 0) is 4.79 Å². The zero-order valence-corrected chi connectivity index (χ0v) is 9.83. The van der Waals surface area contributed by atoms with Crippen molar-refractivity contribution < 1.29 is 4.79 Å². The van der Waals surface area contributed by atoms with Crippen molar-refractivity contribution in [1.29, 1.82) is 0 Å². The van der Waals surface area contributed by atoms with Crippen LogP contribution in [0.1, 0.15) is 26.2 Å². The fraction of sp³-hybridized carbons (Fsp3) is 0.909. The van der Waals surface area contributed by atoms with E-state index in [0.29, 0.717) is 0 Å². The maximum Gasteiger partial charge on any atom is 0.236 e. The first-order valence-corrected chi connectivity index (χ1v) is 5.84. The zero-order valence-electron chi connectivity index (χ0n) is 9.83. The van der Waals surface area contributed by atoms with Crippen molar-refractivity contribution >= 4 is 5.91 Å². The maximum atomic E-state index is 11.4. The van der Waals surface area contributed by atoms with Crippen LogP contribution < -0.4 is 11.1 Å². The molecule has 88 valence electrons.